The molecule has 1 atom stereocenters. The maximum atomic E-state index is 4.26. The fourth-order valence-corrected chi connectivity index (χ4v) is 1.26. The first-order valence-corrected chi connectivity index (χ1v) is 3.72. The predicted molar refractivity (Wildman–Crippen MR) is 43.7 cm³/mol. The highest BCUT2D eigenvalue weighted by Gasteiger charge is 2.16. The second kappa shape index (κ2) is 2.12. The number of aromatic nitrogens is 2. The van der Waals surface area contributed by atoms with Crippen molar-refractivity contribution in [3.8, 4) is 0 Å². The van der Waals surface area contributed by atoms with E-state index < -0.39 is 0 Å². The molecular weight excluding hydrogens is 138 g/mol. The molecule has 0 aliphatic carbocycles. The zero-order valence-corrected chi connectivity index (χ0v) is 6.73. The first kappa shape index (κ1) is 6.46. The van der Waals surface area contributed by atoms with Crippen LogP contribution in [0, 0.1) is 0 Å². The Labute approximate surface area is 66.0 Å². The van der Waals surface area contributed by atoms with Gasteiger partial charge in [-0.15, -0.1) is 0 Å². The van der Waals surface area contributed by atoms with E-state index >= 15 is 0 Å². The summed E-state index contributed by atoms with van der Waals surface area (Å²) in [6.45, 7) is 2.14. The summed E-state index contributed by atoms with van der Waals surface area (Å²) < 4.78 is 2.05. The van der Waals surface area contributed by atoms with Crippen molar-refractivity contribution < 1.29 is 0 Å². The zero-order valence-electron chi connectivity index (χ0n) is 6.73. The van der Waals surface area contributed by atoms with Crippen LogP contribution in [0.3, 0.4) is 0 Å². The molecule has 1 aromatic rings. The van der Waals surface area contributed by atoms with E-state index in [2.05, 4.69) is 30.1 Å². The Bertz CT molecular complexity index is 287. The third-order valence-corrected chi connectivity index (χ3v) is 2.15. The van der Waals surface area contributed by atoms with Gasteiger partial charge in [-0.3, -0.25) is 0 Å². The number of rotatable bonds is 0. The summed E-state index contributed by atoms with van der Waals surface area (Å²) in [4.78, 5) is 6.40. The van der Waals surface area contributed by atoms with Crippen molar-refractivity contribution >= 4 is 6.20 Å². The molecule has 0 aromatic carbocycles. The molecule has 58 valence electrons. The minimum Gasteiger partial charge on any atom is -0.369 e. The Hall–Kier alpha value is -1.25. The van der Waals surface area contributed by atoms with E-state index in [-0.39, 0.29) is 0 Å². The second-order valence-electron chi connectivity index (χ2n) is 2.83. The fourth-order valence-electron chi connectivity index (χ4n) is 1.26. The molecule has 0 spiro atoms. The standard InChI is InChI=1S/C8H11N3/c1-7-8-9-3-4-11(8)6-5-10(7)2/h3-7H,1-2H3. The van der Waals surface area contributed by atoms with Gasteiger partial charge in [0.15, 0.2) is 0 Å². The Morgan fingerprint density at radius 1 is 1.45 bits per heavy atom. The van der Waals surface area contributed by atoms with Gasteiger partial charge < -0.3 is 9.47 Å². The van der Waals surface area contributed by atoms with Gasteiger partial charge in [0.05, 0.1) is 6.04 Å². The summed E-state index contributed by atoms with van der Waals surface area (Å²) in [5.41, 5.74) is 0. The molecule has 11 heavy (non-hydrogen) atoms. The van der Waals surface area contributed by atoms with Crippen molar-refractivity contribution in [2.24, 2.45) is 0 Å². The summed E-state index contributed by atoms with van der Waals surface area (Å²) in [5, 5.41) is 0. The van der Waals surface area contributed by atoms with Crippen LogP contribution in [0.4, 0.5) is 0 Å². The van der Waals surface area contributed by atoms with Crippen molar-refractivity contribution in [1.82, 2.24) is 14.5 Å². The minimum absolute atomic E-state index is 0.384. The molecule has 0 fully saturated rings. The third kappa shape index (κ3) is 0.843. The van der Waals surface area contributed by atoms with Gasteiger partial charge in [-0.25, -0.2) is 4.98 Å². The first-order chi connectivity index (χ1) is 5.29. The van der Waals surface area contributed by atoms with Crippen molar-refractivity contribution in [1.29, 1.82) is 0 Å². The second-order valence-corrected chi connectivity index (χ2v) is 2.83. The number of nitrogens with zero attached hydrogens (tertiary/aromatic N) is 3. The van der Waals surface area contributed by atoms with Crippen LogP contribution in [0.2, 0.25) is 0 Å². The molecule has 1 unspecified atom stereocenters. The van der Waals surface area contributed by atoms with Gasteiger partial charge in [0, 0.05) is 31.8 Å². The zero-order chi connectivity index (χ0) is 7.84. The van der Waals surface area contributed by atoms with Crippen LogP contribution in [-0.2, 0) is 0 Å². The van der Waals surface area contributed by atoms with E-state index in [0.29, 0.717) is 6.04 Å². The van der Waals surface area contributed by atoms with Gasteiger partial charge in [-0.2, -0.15) is 0 Å². The number of fused-ring (bicyclic) bond motifs is 1. The Morgan fingerprint density at radius 3 is 3.09 bits per heavy atom. The molecule has 3 heteroatoms. The lowest BCUT2D eigenvalue weighted by Crippen LogP contribution is -2.22. The summed E-state index contributed by atoms with van der Waals surface area (Å²) in [6.07, 6.45) is 7.87. The van der Waals surface area contributed by atoms with Crippen molar-refractivity contribution in [3.63, 3.8) is 0 Å². The van der Waals surface area contributed by atoms with Crippen LogP contribution < -0.4 is 0 Å². The average Bonchev–Trinajstić information content (AvgIpc) is 2.45. The van der Waals surface area contributed by atoms with Gasteiger partial charge in [-0.1, -0.05) is 0 Å². The molecular formula is C8H11N3. The predicted octanol–water partition coefficient (Wildman–Crippen LogP) is 1.32. The summed E-state index contributed by atoms with van der Waals surface area (Å²) in [7, 11) is 2.05. The smallest absolute Gasteiger partial charge is 0.135 e. The Kier molecular flexibility index (Phi) is 1.24. The Balaban J connectivity index is 2.48. The highest BCUT2D eigenvalue weighted by atomic mass is 15.2. The van der Waals surface area contributed by atoms with E-state index in [1.807, 2.05) is 23.2 Å². The van der Waals surface area contributed by atoms with Crippen molar-refractivity contribution in [2.75, 3.05) is 7.05 Å². The van der Waals surface area contributed by atoms with Gasteiger partial charge in [0.1, 0.15) is 5.82 Å². The normalized spacial score (nSPS) is 22.0. The molecule has 0 amide bonds. The van der Waals surface area contributed by atoms with E-state index in [1.165, 1.54) is 0 Å². The molecule has 0 bridgehead atoms. The number of hydrogen-bond donors (Lipinski definition) is 0. The fraction of sp³-hybridized carbons (Fsp3) is 0.375. The first-order valence-electron chi connectivity index (χ1n) is 3.72. The van der Waals surface area contributed by atoms with Gasteiger partial charge in [-0.05, 0) is 6.92 Å². The SMILES string of the molecule is CC1c2nccn2C=CN1C. The van der Waals surface area contributed by atoms with Crippen LogP contribution in [0.5, 0.6) is 0 Å². The van der Waals surface area contributed by atoms with Crippen LogP contribution >= 0.6 is 0 Å². The lowest BCUT2D eigenvalue weighted by molar-refractivity contribution is 0.336. The van der Waals surface area contributed by atoms with E-state index in [9.17, 15) is 0 Å². The van der Waals surface area contributed by atoms with Crippen molar-refractivity contribution in [2.45, 2.75) is 13.0 Å². The molecule has 3 nitrogen and oxygen atoms in total. The highest BCUT2D eigenvalue weighted by molar-refractivity contribution is 5.29. The molecule has 1 aliphatic heterocycles. The largest absolute Gasteiger partial charge is 0.369 e. The summed E-state index contributed by atoms with van der Waals surface area (Å²) in [5.74, 6) is 1.11. The number of hydrogen-bond acceptors (Lipinski definition) is 2. The molecule has 0 N–H and O–H groups in total. The number of imidazole rings is 1. The summed E-state index contributed by atoms with van der Waals surface area (Å²) >= 11 is 0. The van der Waals surface area contributed by atoms with Gasteiger partial charge >= 0.3 is 0 Å². The van der Waals surface area contributed by atoms with Crippen LogP contribution in [0.1, 0.15) is 18.8 Å². The van der Waals surface area contributed by atoms with E-state index in [1.54, 1.807) is 0 Å². The molecule has 2 rings (SSSR count). The van der Waals surface area contributed by atoms with Crippen LogP contribution in [-0.4, -0.2) is 21.5 Å². The topological polar surface area (TPSA) is 21.1 Å². The van der Waals surface area contributed by atoms with Crippen LogP contribution in [0.15, 0.2) is 18.6 Å². The molecule has 0 radical (unpaired) electrons. The average molecular weight is 149 g/mol. The molecule has 2 heterocycles. The lowest BCUT2D eigenvalue weighted by atomic mass is 10.2. The monoisotopic (exact) mass is 149 g/mol. The minimum atomic E-state index is 0.384. The molecule has 1 aliphatic rings. The summed E-state index contributed by atoms with van der Waals surface area (Å²) in [6, 6.07) is 0.384. The molecule has 0 saturated heterocycles. The molecule has 1 aromatic heterocycles. The van der Waals surface area contributed by atoms with E-state index in [0.717, 1.165) is 5.82 Å². The maximum absolute atomic E-state index is 4.26. The Morgan fingerprint density at radius 2 is 2.27 bits per heavy atom. The van der Waals surface area contributed by atoms with Gasteiger partial charge in [0.2, 0.25) is 0 Å². The quantitative estimate of drug-likeness (QED) is 0.554. The van der Waals surface area contributed by atoms with Crippen molar-refractivity contribution in [3.05, 3.63) is 24.4 Å². The lowest BCUT2D eigenvalue weighted by Gasteiger charge is -2.26. The maximum Gasteiger partial charge on any atom is 0.135 e. The molecule has 0 saturated carbocycles. The third-order valence-electron chi connectivity index (χ3n) is 2.15. The van der Waals surface area contributed by atoms with E-state index in [4.69, 9.17) is 0 Å². The van der Waals surface area contributed by atoms with Crippen LogP contribution in [0.25, 0.3) is 6.20 Å². The van der Waals surface area contributed by atoms with Gasteiger partial charge in [0.25, 0.3) is 0 Å². The highest BCUT2D eigenvalue weighted by Crippen LogP contribution is 2.21.